The quantitative estimate of drug-likeness (QED) is 0.543. The molecule has 0 amide bonds. The molecule has 0 heterocycles. The Balaban J connectivity index is 3.45. The van der Waals surface area contributed by atoms with Crippen molar-refractivity contribution in [3.05, 3.63) is 0 Å². The lowest BCUT2D eigenvalue weighted by Gasteiger charge is -2.20. The number of hydrogen-bond acceptors (Lipinski definition) is 3. The van der Waals surface area contributed by atoms with Crippen molar-refractivity contribution in [1.29, 1.82) is 0 Å². The highest BCUT2D eigenvalue weighted by atomic mass is 16.3. The van der Waals surface area contributed by atoms with E-state index in [0.717, 1.165) is 19.5 Å². The summed E-state index contributed by atoms with van der Waals surface area (Å²) in [6.45, 7) is 7.74. The molecule has 92 valence electrons. The highest BCUT2D eigenvalue weighted by molar-refractivity contribution is 4.66. The number of hydrogen-bond donors (Lipinski definition) is 2. The van der Waals surface area contributed by atoms with Gasteiger partial charge in [-0.2, -0.15) is 0 Å². The minimum atomic E-state index is 0.247. The number of nitrogens with zero attached hydrogens (tertiary/aromatic N) is 1. The monoisotopic (exact) mass is 216 g/mol. The van der Waals surface area contributed by atoms with Gasteiger partial charge in [-0.1, -0.05) is 26.7 Å². The minimum absolute atomic E-state index is 0.247. The summed E-state index contributed by atoms with van der Waals surface area (Å²) >= 11 is 0. The van der Waals surface area contributed by atoms with Gasteiger partial charge in [0.05, 0.1) is 6.61 Å². The Labute approximate surface area is 94.9 Å². The second-order valence-electron chi connectivity index (χ2n) is 4.24. The maximum Gasteiger partial charge on any atom is 0.0585 e. The van der Waals surface area contributed by atoms with Gasteiger partial charge in [-0.15, -0.1) is 0 Å². The zero-order valence-corrected chi connectivity index (χ0v) is 10.6. The Morgan fingerprint density at radius 2 is 1.93 bits per heavy atom. The zero-order valence-electron chi connectivity index (χ0n) is 10.6. The molecule has 0 radical (unpaired) electrons. The first-order valence-electron chi connectivity index (χ1n) is 6.27. The van der Waals surface area contributed by atoms with Crippen molar-refractivity contribution < 1.29 is 5.11 Å². The van der Waals surface area contributed by atoms with E-state index in [1.165, 1.54) is 25.8 Å². The number of rotatable bonds is 10. The van der Waals surface area contributed by atoms with Gasteiger partial charge in [-0.05, 0) is 39.5 Å². The highest BCUT2D eigenvalue weighted by Crippen LogP contribution is 1.99. The van der Waals surface area contributed by atoms with E-state index in [1.54, 1.807) is 0 Å². The second kappa shape index (κ2) is 10.4. The van der Waals surface area contributed by atoms with E-state index < -0.39 is 0 Å². The molecule has 15 heavy (non-hydrogen) atoms. The van der Waals surface area contributed by atoms with Crippen LogP contribution in [-0.2, 0) is 0 Å². The molecule has 3 nitrogen and oxygen atoms in total. The van der Waals surface area contributed by atoms with Gasteiger partial charge >= 0.3 is 0 Å². The van der Waals surface area contributed by atoms with Gasteiger partial charge in [0.25, 0.3) is 0 Å². The van der Waals surface area contributed by atoms with Gasteiger partial charge in [-0.25, -0.2) is 0 Å². The van der Waals surface area contributed by atoms with Gasteiger partial charge in [0.15, 0.2) is 0 Å². The van der Waals surface area contributed by atoms with Crippen LogP contribution >= 0.6 is 0 Å². The van der Waals surface area contributed by atoms with Gasteiger partial charge in [0, 0.05) is 6.04 Å². The molecule has 2 N–H and O–H groups in total. The van der Waals surface area contributed by atoms with Gasteiger partial charge in [-0.3, -0.25) is 0 Å². The average Bonchev–Trinajstić information content (AvgIpc) is 2.24. The van der Waals surface area contributed by atoms with Crippen LogP contribution < -0.4 is 5.32 Å². The van der Waals surface area contributed by atoms with Crippen molar-refractivity contribution in [2.45, 2.75) is 45.6 Å². The molecule has 3 heteroatoms. The summed E-state index contributed by atoms with van der Waals surface area (Å²) < 4.78 is 0. The van der Waals surface area contributed by atoms with Gasteiger partial charge in [0.2, 0.25) is 0 Å². The molecule has 0 spiro atoms. The molecule has 1 atom stereocenters. The molecule has 0 fully saturated rings. The lowest BCUT2D eigenvalue weighted by molar-refractivity contribution is 0.218. The zero-order chi connectivity index (χ0) is 11.5. The van der Waals surface area contributed by atoms with E-state index >= 15 is 0 Å². The van der Waals surface area contributed by atoms with Gasteiger partial charge in [0.1, 0.15) is 0 Å². The highest BCUT2D eigenvalue weighted by Gasteiger charge is 2.06. The maximum absolute atomic E-state index is 9.10. The standard InChI is InChI=1S/C12H28N2O/c1-4-6-7-9-14(3)10-8-12(11-15)13-5-2/h12-13,15H,4-11H2,1-3H3. The molecule has 0 saturated heterocycles. The van der Waals surface area contributed by atoms with Crippen LogP contribution in [0.3, 0.4) is 0 Å². The number of likely N-dealkylation sites (N-methyl/N-ethyl adjacent to an activating group) is 1. The molecule has 0 aromatic rings. The average molecular weight is 216 g/mol. The van der Waals surface area contributed by atoms with Crippen molar-refractivity contribution >= 4 is 0 Å². The van der Waals surface area contributed by atoms with E-state index in [-0.39, 0.29) is 12.6 Å². The predicted octanol–water partition coefficient (Wildman–Crippen LogP) is 1.47. The fourth-order valence-corrected chi connectivity index (χ4v) is 1.67. The molecule has 0 rings (SSSR count). The van der Waals surface area contributed by atoms with Crippen molar-refractivity contribution in [3.63, 3.8) is 0 Å². The Kier molecular flexibility index (Phi) is 10.3. The summed E-state index contributed by atoms with van der Waals surface area (Å²) in [6.07, 6.45) is 4.93. The molecule has 0 aromatic heterocycles. The van der Waals surface area contributed by atoms with Crippen LogP contribution in [0.2, 0.25) is 0 Å². The summed E-state index contributed by atoms with van der Waals surface area (Å²) in [7, 11) is 2.16. The molecule has 0 aromatic carbocycles. The molecule has 0 saturated carbocycles. The molecule has 0 bridgehead atoms. The number of aliphatic hydroxyl groups is 1. The van der Waals surface area contributed by atoms with Crippen molar-refractivity contribution in [2.24, 2.45) is 0 Å². The third-order valence-corrected chi connectivity index (χ3v) is 2.72. The van der Waals surface area contributed by atoms with Crippen LogP contribution in [0.5, 0.6) is 0 Å². The maximum atomic E-state index is 9.10. The van der Waals surface area contributed by atoms with Crippen LogP contribution in [0.25, 0.3) is 0 Å². The summed E-state index contributed by atoms with van der Waals surface area (Å²) in [5.41, 5.74) is 0. The largest absolute Gasteiger partial charge is 0.395 e. The van der Waals surface area contributed by atoms with Crippen LogP contribution in [-0.4, -0.2) is 49.3 Å². The van der Waals surface area contributed by atoms with Gasteiger partial charge < -0.3 is 15.3 Å². The number of aliphatic hydroxyl groups excluding tert-OH is 1. The smallest absolute Gasteiger partial charge is 0.0585 e. The fourth-order valence-electron chi connectivity index (χ4n) is 1.67. The summed E-state index contributed by atoms with van der Waals surface area (Å²) in [6, 6.07) is 0.267. The first-order chi connectivity index (χ1) is 7.24. The van der Waals surface area contributed by atoms with Crippen molar-refractivity contribution in [2.75, 3.05) is 33.3 Å². The summed E-state index contributed by atoms with van der Waals surface area (Å²) in [5, 5.41) is 12.4. The number of unbranched alkanes of at least 4 members (excludes halogenated alkanes) is 2. The molecule has 0 aliphatic heterocycles. The molecule has 0 aliphatic carbocycles. The Morgan fingerprint density at radius 1 is 1.20 bits per heavy atom. The topological polar surface area (TPSA) is 35.5 Å². The van der Waals surface area contributed by atoms with E-state index in [4.69, 9.17) is 5.11 Å². The fraction of sp³-hybridized carbons (Fsp3) is 1.00. The minimum Gasteiger partial charge on any atom is -0.395 e. The Bertz CT molecular complexity index is 131. The van der Waals surface area contributed by atoms with Crippen molar-refractivity contribution in [3.8, 4) is 0 Å². The molecular formula is C12H28N2O. The molecular weight excluding hydrogens is 188 g/mol. The van der Waals surface area contributed by atoms with E-state index in [9.17, 15) is 0 Å². The van der Waals surface area contributed by atoms with Crippen LogP contribution in [0.4, 0.5) is 0 Å². The van der Waals surface area contributed by atoms with Crippen molar-refractivity contribution in [1.82, 2.24) is 10.2 Å². The van der Waals surface area contributed by atoms with E-state index in [1.807, 2.05) is 0 Å². The SMILES string of the molecule is CCCCCN(C)CCC(CO)NCC. The summed E-state index contributed by atoms with van der Waals surface area (Å²) in [4.78, 5) is 2.36. The van der Waals surface area contributed by atoms with Crippen LogP contribution in [0.15, 0.2) is 0 Å². The molecule has 0 aliphatic rings. The first-order valence-corrected chi connectivity index (χ1v) is 6.27. The van der Waals surface area contributed by atoms with Crippen LogP contribution in [0, 0.1) is 0 Å². The Morgan fingerprint density at radius 3 is 2.47 bits per heavy atom. The lowest BCUT2D eigenvalue weighted by atomic mass is 10.2. The summed E-state index contributed by atoms with van der Waals surface area (Å²) in [5.74, 6) is 0. The molecule has 1 unspecified atom stereocenters. The normalized spacial score (nSPS) is 13.4. The predicted molar refractivity (Wildman–Crippen MR) is 66.2 cm³/mol. The van der Waals surface area contributed by atoms with E-state index in [0.29, 0.717) is 0 Å². The third kappa shape index (κ3) is 8.85. The van der Waals surface area contributed by atoms with Crippen LogP contribution in [0.1, 0.15) is 39.5 Å². The Hall–Kier alpha value is -0.120. The number of nitrogens with one attached hydrogen (secondary N) is 1. The lowest BCUT2D eigenvalue weighted by Crippen LogP contribution is -2.35. The van der Waals surface area contributed by atoms with E-state index in [2.05, 4.69) is 31.1 Å². The second-order valence-corrected chi connectivity index (χ2v) is 4.24. The first kappa shape index (κ1) is 14.9. The third-order valence-electron chi connectivity index (χ3n) is 2.72.